The number of hydrogen-bond donors (Lipinski definition) is 1. The van der Waals surface area contributed by atoms with Crippen LogP contribution >= 0.6 is 0 Å². The van der Waals surface area contributed by atoms with Crippen molar-refractivity contribution in [2.24, 2.45) is 0 Å². The lowest BCUT2D eigenvalue weighted by molar-refractivity contribution is -0.0291. The molecule has 0 saturated heterocycles. The molecule has 0 spiro atoms. The van der Waals surface area contributed by atoms with E-state index in [1.165, 1.54) is 0 Å². The summed E-state index contributed by atoms with van der Waals surface area (Å²) in [6.45, 7) is 6.31. The molecule has 0 aliphatic rings. The molecule has 4 heteroatoms. The number of methoxy groups -OCH3 is 1. The van der Waals surface area contributed by atoms with E-state index in [0.29, 0.717) is 0 Å². The third-order valence-corrected chi connectivity index (χ3v) is 3.34. The maximum Gasteiger partial charge on any atom is 0.162 e. The van der Waals surface area contributed by atoms with Gasteiger partial charge in [-0.25, -0.2) is 9.97 Å². The standard InChI is InChI=1S/C13H23N3O/c1-6-10-9-11(14-4)16-12(15-10)13(7-2,8-3)17-5/h9H,6-8H2,1-5H3,(H,14,15,16). The quantitative estimate of drug-likeness (QED) is 0.826. The van der Waals surface area contributed by atoms with Crippen LogP contribution < -0.4 is 5.32 Å². The van der Waals surface area contributed by atoms with E-state index >= 15 is 0 Å². The minimum absolute atomic E-state index is 0.364. The fourth-order valence-corrected chi connectivity index (χ4v) is 1.96. The molecule has 1 aromatic heterocycles. The van der Waals surface area contributed by atoms with Crippen LogP contribution in [0.5, 0.6) is 0 Å². The van der Waals surface area contributed by atoms with Crippen LogP contribution in [0.1, 0.15) is 45.1 Å². The van der Waals surface area contributed by atoms with E-state index in [1.54, 1.807) is 7.11 Å². The van der Waals surface area contributed by atoms with Gasteiger partial charge in [0.1, 0.15) is 11.4 Å². The summed E-state index contributed by atoms with van der Waals surface area (Å²) in [6.07, 6.45) is 2.64. The summed E-state index contributed by atoms with van der Waals surface area (Å²) in [5.41, 5.74) is 0.680. The first-order valence-corrected chi connectivity index (χ1v) is 6.27. The maximum absolute atomic E-state index is 5.67. The summed E-state index contributed by atoms with van der Waals surface area (Å²) in [4.78, 5) is 9.15. The van der Waals surface area contributed by atoms with Gasteiger partial charge in [-0.3, -0.25) is 0 Å². The Bertz CT molecular complexity index is 331. The predicted octanol–water partition coefficient (Wildman–Crippen LogP) is 2.74. The van der Waals surface area contributed by atoms with Gasteiger partial charge >= 0.3 is 0 Å². The van der Waals surface area contributed by atoms with Gasteiger partial charge in [0.05, 0.1) is 0 Å². The maximum atomic E-state index is 5.67. The highest BCUT2D eigenvalue weighted by atomic mass is 16.5. The Kier molecular flexibility index (Phi) is 4.87. The van der Waals surface area contributed by atoms with Crippen molar-refractivity contribution >= 4 is 5.82 Å². The molecule has 0 saturated carbocycles. The molecular weight excluding hydrogens is 214 g/mol. The molecule has 0 atom stereocenters. The van der Waals surface area contributed by atoms with E-state index in [0.717, 1.165) is 36.6 Å². The number of ether oxygens (including phenoxy) is 1. The van der Waals surface area contributed by atoms with Gasteiger partial charge in [-0.05, 0) is 19.3 Å². The van der Waals surface area contributed by atoms with E-state index in [9.17, 15) is 0 Å². The third-order valence-electron chi connectivity index (χ3n) is 3.34. The first-order valence-electron chi connectivity index (χ1n) is 6.27. The molecule has 96 valence electrons. The molecule has 4 nitrogen and oxygen atoms in total. The molecule has 0 radical (unpaired) electrons. The summed E-state index contributed by atoms with van der Waals surface area (Å²) < 4.78 is 5.67. The third kappa shape index (κ3) is 2.75. The lowest BCUT2D eigenvalue weighted by atomic mass is 9.96. The molecule has 0 bridgehead atoms. The Hall–Kier alpha value is -1.16. The van der Waals surface area contributed by atoms with Gasteiger partial charge < -0.3 is 10.1 Å². The second-order valence-corrected chi connectivity index (χ2v) is 4.08. The van der Waals surface area contributed by atoms with Crippen LogP contribution in [0.25, 0.3) is 0 Å². The van der Waals surface area contributed by atoms with E-state index in [1.807, 2.05) is 13.1 Å². The molecule has 0 unspecified atom stereocenters. The van der Waals surface area contributed by atoms with Gasteiger partial charge in [-0.2, -0.15) is 0 Å². The van der Waals surface area contributed by atoms with E-state index in [4.69, 9.17) is 4.74 Å². The van der Waals surface area contributed by atoms with Gasteiger partial charge in [-0.1, -0.05) is 20.8 Å². The fourth-order valence-electron chi connectivity index (χ4n) is 1.96. The van der Waals surface area contributed by atoms with Gasteiger partial charge in [0.15, 0.2) is 5.82 Å². The molecule has 0 fully saturated rings. The van der Waals surface area contributed by atoms with Gasteiger partial charge in [-0.15, -0.1) is 0 Å². The number of nitrogens with one attached hydrogen (secondary N) is 1. The van der Waals surface area contributed by atoms with Crippen molar-refractivity contribution in [1.82, 2.24) is 9.97 Å². The van der Waals surface area contributed by atoms with E-state index in [2.05, 4.69) is 36.1 Å². The average Bonchev–Trinajstić information content (AvgIpc) is 2.41. The zero-order chi connectivity index (χ0) is 12.9. The van der Waals surface area contributed by atoms with Crippen molar-refractivity contribution in [2.45, 2.75) is 45.6 Å². The summed E-state index contributed by atoms with van der Waals surface area (Å²) in [7, 11) is 3.60. The van der Waals surface area contributed by atoms with E-state index < -0.39 is 0 Å². The topological polar surface area (TPSA) is 47.0 Å². The Morgan fingerprint density at radius 1 is 1.24 bits per heavy atom. The Morgan fingerprint density at radius 2 is 1.88 bits per heavy atom. The molecule has 0 aromatic carbocycles. The normalized spacial score (nSPS) is 11.6. The van der Waals surface area contributed by atoms with Crippen LogP contribution in [0.15, 0.2) is 6.07 Å². The molecule has 1 aromatic rings. The molecular formula is C13H23N3O. The molecule has 0 aliphatic carbocycles. The fraction of sp³-hybridized carbons (Fsp3) is 0.692. The largest absolute Gasteiger partial charge is 0.373 e. The van der Waals surface area contributed by atoms with Crippen molar-refractivity contribution in [3.8, 4) is 0 Å². The minimum Gasteiger partial charge on any atom is -0.373 e. The Balaban J connectivity index is 3.27. The second-order valence-electron chi connectivity index (χ2n) is 4.08. The van der Waals surface area contributed by atoms with Crippen molar-refractivity contribution in [2.75, 3.05) is 19.5 Å². The Labute approximate surface area is 104 Å². The predicted molar refractivity (Wildman–Crippen MR) is 70.2 cm³/mol. The lowest BCUT2D eigenvalue weighted by Gasteiger charge is -2.29. The molecule has 0 aliphatic heterocycles. The van der Waals surface area contributed by atoms with Crippen molar-refractivity contribution in [3.63, 3.8) is 0 Å². The van der Waals surface area contributed by atoms with Crippen LogP contribution in [-0.4, -0.2) is 24.1 Å². The molecule has 1 heterocycles. The number of aryl methyl sites for hydroxylation is 1. The number of hydrogen-bond acceptors (Lipinski definition) is 4. The average molecular weight is 237 g/mol. The van der Waals surface area contributed by atoms with Gasteiger partial charge in [0.25, 0.3) is 0 Å². The lowest BCUT2D eigenvalue weighted by Crippen LogP contribution is -2.30. The van der Waals surface area contributed by atoms with Crippen LogP contribution in [0, 0.1) is 0 Å². The SMILES string of the molecule is CCc1cc(NC)nc(C(CC)(CC)OC)n1. The summed E-state index contributed by atoms with van der Waals surface area (Å²) >= 11 is 0. The first-order chi connectivity index (χ1) is 8.15. The summed E-state index contributed by atoms with van der Waals surface area (Å²) in [6, 6.07) is 1.98. The number of aromatic nitrogens is 2. The van der Waals surface area contributed by atoms with Crippen molar-refractivity contribution < 1.29 is 4.74 Å². The van der Waals surface area contributed by atoms with Gasteiger partial charge in [0, 0.05) is 25.9 Å². The molecule has 1 rings (SSSR count). The van der Waals surface area contributed by atoms with Crippen molar-refractivity contribution in [1.29, 1.82) is 0 Å². The van der Waals surface area contributed by atoms with E-state index in [-0.39, 0.29) is 5.60 Å². The van der Waals surface area contributed by atoms with Crippen LogP contribution in [0.4, 0.5) is 5.82 Å². The number of rotatable bonds is 6. The zero-order valence-corrected chi connectivity index (χ0v) is 11.5. The van der Waals surface area contributed by atoms with Crippen LogP contribution in [0.2, 0.25) is 0 Å². The highest BCUT2D eigenvalue weighted by Gasteiger charge is 2.31. The first kappa shape index (κ1) is 13.9. The monoisotopic (exact) mass is 237 g/mol. The highest BCUT2D eigenvalue weighted by Crippen LogP contribution is 2.30. The number of anilines is 1. The minimum atomic E-state index is -0.364. The summed E-state index contributed by atoms with van der Waals surface area (Å²) in [5, 5.41) is 3.08. The second kappa shape index (κ2) is 5.96. The van der Waals surface area contributed by atoms with Gasteiger partial charge in [0.2, 0.25) is 0 Å². The number of nitrogens with zero attached hydrogens (tertiary/aromatic N) is 2. The smallest absolute Gasteiger partial charge is 0.162 e. The summed E-state index contributed by atoms with van der Waals surface area (Å²) in [5.74, 6) is 1.64. The van der Waals surface area contributed by atoms with Crippen molar-refractivity contribution in [3.05, 3.63) is 17.6 Å². The Morgan fingerprint density at radius 3 is 2.29 bits per heavy atom. The van der Waals surface area contributed by atoms with Crippen LogP contribution in [-0.2, 0) is 16.8 Å². The molecule has 0 amide bonds. The van der Waals surface area contributed by atoms with Crippen LogP contribution in [0.3, 0.4) is 0 Å². The highest BCUT2D eigenvalue weighted by molar-refractivity contribution is 5.36. The molecule has 1 N–H and O–H groups in total. The zero-order valence-electron chi connectivity index (χ0n) is 11.5. The molecule has 17 heavy (non-hydrogen) atoms.